The summed E-state index contributed by atoms with van der Waals surface area (Å²) in [5, 5.41) is 9.20. The Hall–Kier alpha value is -1.31. The molecule has 6 heteroatoms. The molecule has 0 spiro atoms. The third kappa shape index (κ3) is 8.78. The predicted octanol–water partition coefficient (Wildman–Crippen LogP) is 2.77. The smallest absolute Gasteiger partial charge is 0.251 e. The van der Waals surface area contributed by atoms with Crippen molar-refractivity contribution in [2.24, 2.45) is 10.9 Å². The number of halogens is 1. The summed E-state index contributed by atoms with van der Waals surface area (Å²) >= 11 is 0. The van der Waals surface area contributed by atoms with Gasteiger partial charge in [0.25, 0.3) is 5.91 Å². The zero-order valence-corrected chi connectivity index (χ0v) is 16.8. The fourth-order valence-electron chi connectivity index (χ4n) is 2.04. The Morgan fingerprint density at radius 3 is 2.35 bits per heavy atom. The monoisotopic (exact) mass is 432 g/mol. The number of nitrogens with zero attached hydrogens (tertiary/aromatic N) is 1. The van der Waals surface area contributed by atoms with Gasteiger partial charge in [-0.15, -0.1) is 24.0 Å². The number of guanidine groups is 1. The molecule has 0 heterocycles. The molecule has 0 aromatic heterocycles. The van der Waals surface area contributed by atoms with Gasteiger partial charge in [0, 0.05) is 32.7 Å². The normalized spacial score (nSPS) is 10.9. The molecule has 0 saturated heterocycles. The van der Waals surface area contributed by atoms with Crippen molar-refractivity contribution in [3.05, 3.63) is 35.4 Å². The van der Waals surface area contributed by atoms with Gasteiger partial charge >= 0.3 is 0 Å². The molecule has 0 atom stereocenters. The van der Waals surface area contributed by atoms with E-state index >= 15 is 0 Å². The van der Waals surface area contributed by atoms with E-state index in [0.29, 0.717) is 12.1 Å². The van der Waals surface area contributed by atoms with Gasteiger partial charge in [-0.3, -0.25) is 9.79 Å². The van der Waals surface area contributed by atoms with E-state index in [1.165, 1.54) is 6.42 Å². The van der Waals surface area contributed by atoms with Crippen LogP contribution in [-0.4, -0.2) is 32.5 Å². The number of carbonyl (C=O) groups excluding carboxylic acids is 1. The zero-order chi connectivity index (χ0) is 16.4. The highest BCUT2D eigenvalue weighted by atomic mass is 127. The number of carbonyl (C=O) groups is 1. The van der Waals surface area contributed by atoms with Gasteiger partial charge in [-0.25, -0.2) is 0 Å². The summed E-state index contributed by atoms with van der Waals surface area (Å²) in [6, 6.07) is 7.55. The largest absolute Gasteiger partial charge is 0.356 e. The van der Waals surface area contributed by atoms with Crippen LogP contribution < -0.4 is 16.0 Å². The molecule has 0 aliphatic heterocycles. The molecule has 0 bridgehead atoms. The molecule has 0 aliphatic rings. The van der Waals surface area contributed by atoms with E-state index in [4.69, 9.17) is 0 Å². The van der Waals surface area contributed by atoms with Gasteiger partial charge in [0.2, 0.25) is 0 Å². The zero-order valence-electron chi connectivity index (χ0n) is 14.5. The van der Waals surface area contributed by atoms with Crippen molar-refractivity contribution < 1.29 is 4.79 Å². The molecule has 0 saturated carbocycles. The summed E-state index contributed by atoms with van der Waals surface area (Å²) in [6.07, 6.45) is 2.35. The first-order valence-electron chi connectivity index (χ1n) is 7.82. The summed E-state index contributed by atoms with van der Waals surface area (Å²) < 4.78 is 0. The van der Waals surface area contributed by atoms with Crippen molar-refractivity contribution in [3.8, 4) is 0 Å². The molecule has 0 radical (unpaired) electrons. The quantitative estimate of drug-likeness (QED) is 0.269. The van der Waals surface area contributed by atoms with Crippen molar-refractivity contribution in [2.75, 3.05) is 20.6 Å². The lowest BCUT2D eigenvalue weighted by Crippen LogP contribution is -2.37. The van der Waals surface area contributed by atoms with Crippen LogP contribution >= 0.6 is 24.0 Å². The Balaban J connectivity index is 0.00000484. The van der Waals surface area contributed by atoms with Crippen LogP contribution in [0.15, 0.2) is 29.3 Å². The minimum absolute atomic E-state index is 0. The molecule has 130 valence electrons. The molecule has 0 fully saturated rings. The molecule has 1 aromatic carbocycles. The fraction of sp³-hybridized carbons (Fsp3) is 0.529. The number of hydrogen-bond donors (Lipinski definition) is 3. The Morgan fingerprint density at radius 2 is 1.83 bits per heavy atom. The molecule has 1 aromatic rings. The van der Waals surface area contributed by atoms with Gasteiger partial charge in [-0.05, 0) is 36.5 Å². The lowest BCUT2D eigenvalue weighted by Gasteiger charge is -2.12. The Kier molecular flexibility index (Phi) is 11.5. The molecular weight excluding hydrogens is 403 g/mol. The summed E-state index contributed by atoms with van der Waals surface area (Å²) in [4.78, 5) is 15.7. The first-order chi connectivity index (χ1) is 10.6. The molecule has 3 N–H and O–H groups in total. The topological polar surface area (TPSA) is 65.5 Å². The summed E-state index contributed by atoms with van der Waals surface area (Å²) in [7, 11) is 3.40. The lowest BCUT2D eigenvalue weighted by atomic mass is 10.1. The van der Waals surface area contributed by atoms with Gasteiger partial charge in [0.15, 0.2) is 5.96 Å². The minimum Gasteiger partial charge on any atom is -0.356 e. The highest BCUT2D eigenvalue weighted by molar-refractivity contribution is 14.0. The molecular formula is C17H29IN4O. The van der Waals surface area contributed by atoms with Crippen molar-refractivity contribution in [1.82, 2.24) is 16.0 Å². The molecule has 0 aliphatic carbocycles. The molecule has 0 unspecified atom stereocenters. The van der Waals surface area contributed by atoms with E-state index in [1.807, 2.05) is 24.3 Å². The van der Waals surface area contributed by atoms with Gasteiger partial charge in [-0.2, -0.15) is 0 Å². The van der Waals surface area contributed by atoms with Gasteiger partial charge < -0.3 is 16.0 Å². The Bertz CT molecular complexity index is 486. The second-order valence-electron chi connectivity index (χ2n) is 5.66. The predicted molar refractivity (Wildman–Crippen MR) is 108 cm³/mol. The number of amides is 1. The van der Waals surface area contributed by atoms with E-state index in [2.05, 4.69) is 34.8 Å². The number of aliphatic imine (C=N–C) groups is 1. The maximum atomic E-state index is 11.5. The average molecular weight is 432 g/mol. The maximum Gasteiger partial charge on any atom is 0.251 e. The summed E-state index contributed by atoms with van der Waals surface area (Å²) in [6.45, 7) is 6.07. The van der Waals surface area contributed by atoms with E-state index in [-0.39, 0.29) is 29.9 Å². The fourth-order valence-corrected chi connectivity index (χ4v) is 2.04. The number of nitrogens with one attached hydrogen (secondary N) is 3. The number of rotatable bonds is 7. The van der Waals surface area contributed by atoms with Crippen molar-refractivity contribution in [2.45, 2.75) is 33.2 Å². The summed E-state index contributed by atoms with van der Waals surface area (Å²) in [5.74, 6) is 1.47. The van der Waals surface area contributed by atoms with Crippen LogP contribution in [0.5, 0.6) is 0 Å². The second kappa shape index (κ2) is 12.2. The van der Waals surface area contributed by atoms with E-state index in [1.54, 1.807) is 14.1 Å². The van der Waals surface area contributed by atoms with Crippen LogP contribution in [0.25, 0.3) is 0 Å². The first kappa shape index (κ1) is 21.7. The standard InChI is InChI=1S/C17H28N4O.HI/c1-13(2)6-5-11-20-17(19-4)21-12-14-7-9-15(10-8-14)16(22)18-3;/h7-10,13H,5-6,11-12H2,1-4H3,(H,18,22)(H2,19,20,21);1H. The van der Waals surface area contributed by atoms with Crippen molar-refractivity contribution >= 4 is 35.8 Å². The molecule has 1 rings (SSSR count). The Labute approximate surface area is 156 Å². The van der Waals surface area contributed by atoms with Gasteiger partial charge in [0.05, 0.1) is 0 Å². The van der Waals surface area contributed by atoms with Crippen LogP contribution in [0.4, 0.5) is 0 Å². The van der Waals surface area contributed by atoms with Gasteiger partial charge in [0.1, 0.15) is 0 Å². The maximum absolute atomic E-state index is 11.5. The van der Waals surface area contributed by atoms with Crippen molar-refractivity contribution in [1.29, 1.82) is 0 Å². The van der Waals surface area contributed by atoms with Crippen LogP contribution in [0.3, 0.4) is 0 Å². The highest BCUT2D eigenvalue weighted by Gasteiger charge is 2.03. The third-order valence-electron chi connectivity index (χ3n) is 3.38. The van der Waals surface area contributed by atoms with E-state index in [0.717, 1.165) is 30.4 Å². The first-order valence-corrected chi connectivity index (χ1v) is 7.82. The lowest BCUT2D eigenvalue weighted by molar-refractivity contribution is 0.0963. The van der Waals surface area contributed by atoms with E-state index in [9.17, 15) is 4.79 Å². The van der Waals surface area contributed by atoms with Crippen molar-refractivity contribution in [3.63, 3.8) is 0 Å². The summed E-state index contributed by atoms with van der Waals surface area (Å²) in [5.41, 5.74) is 1.78. The number of benzene rings is 1. The van der Waals surface area contributed by atoms with E-state index < -0.39 is 0 Å². The molecule has 5 nitrogen and oxygen atoms in total. The van der Waals surface area contributed by atoms with Crippen LogP contribution in [-0.2, 0) is 6.54 Å². The van der Waals surface area contributed by atoms with Gasteiger partial charge in [-0.1, -0.05) is 26.0 Å². The SMILES string of the molecule is CN=C(NCCCC(C)C)NCc1ccc(C(=O)NC)cc1.I. The molecule has 1 amide bonds. The van der Waals surface area contributed by atoms with Crippen LogP contribution in [0, 0.1) is 5.92 Å². The van der Waals surface area contributed by atoms with Crippen LogP contribution in [0.1, 0.15) is 42.6 Å². The minimum atomic E-state index is -0.0675. The second-order valence-corrected chi connectivity index (χ2v) is 5.66. The average Bonchev–Trinajstić information content (AvgIpc) is 2.53. The molecule has 23 heavy (non-hydrogen) atoms. The van der Waals surface area contributed by atoms with Crippen LogP contribution in [0.2, 0.25) is 0 Å². The highest BCUT2D eigenvalue weighted by Crippen LogP contribution is 2.04. The number of hydrogen-bond acceptors (Lipinski definition) is 2. The Morgan fingerprint density at radius 1 is 1.17 bits per heavy atom. The third-order valence-corrected chi connectivity index (χ3v) is 3.38.